The molecule has 1 saturated carbocycles. The Morgan fingerprint density at radius 1 is 1.56 bits per heavy atom. The molecule has 0 saturated heterocycles. The van der Waals surface area contributed by atoms with E-state index in [-0.39, 0.29) is 17.9 Å². The minimum absolute atomic E-state index is 0.177. The first-order valence-electron chi connectivity index (χ1n) is 5.90. The van der Waals surface area contributed by atoms with Gasteiger partial charge in [0.15, 0.2) is 0 Å². The Morgan fingerprint density at radius 3 is 2.94 bits per heavy atom. The molecule has 5 heteroatoms. The number of hydrogen-bond donors (Lipinski definition) is 1. The van der Waals surface area contributed by atoms with E-state index in [0.29, 0.717) is 0 Å². The molecule has 2 atom stereocenters. The minimum atomic E-state index is -0.177. The van der Waals surface area contributed by atoms with Crippen LogP contribution in [0.1, 0.15) is 17.8 Å². The van der Waals surface area contributed by atoms with Crippen molar-refractivity contribution in [1.29, 1.82) is 0 Å². The third-order valence-corrected chi connectivity index (χ3v) is 4.27. The summed E-state index contributed by atoms with van der Waals surface area (Å²) in [5.41, 5.74) is 1.01. The number of hydrogen-bond acceptors (Lipinski definition) is 3. The highest BCUT2D eigenvalue weighted by atomic mass is 79.9. The smallest absolute Gasteiger partial charge is 0.143 e. The van der Waals surface area contributed by atoms with E-state index in [1.807, 2.05) is 23.7 Å². The molecule has 1 aliphatic rings. The number of aliphatic hydroxyl groups excluding tert-OH is 1. The summed E-state index contributed by atoms with van der Waals surface area (Å²) in [6.45, 7) is 0.180. The van der Waals surface area contributed by atoms with E-state index in [1.165, 1.54) is 5.56 Å². The number of halogens is 1. The fourth-order valence-electron chi connectivity index (χ4n) is 2.76. The topological polar surface area (TPSA) is 50.9 Å². The number of aryl methyl sites for hydroxylation is 1. The van der Waals surface area contributed by atoms with Crippen LogP contribution in [0.4, 0.5) is 0 Å². The Morgan fingerprint density at radius 2 is 2.39 bits per heavy atom. The predicted octanol–water partition coefficient (Wildman–Crippen LogP) is 1.88. The van der Waals surface area contributed by atoms with Gasteiger partial charge in [0.2, 0.25) is 0 Å². The Kier molecular flexibility index (Phi) is 2.75. The molecular weight excluding hydrogens is 294 g/mol. The second kappa shape index (κ2) is 4.17. The second-order valence-corrected chi connectivity index (χ2v) is 5.75. The van der Waals surface area contributed by atoms with Crippen LogP contribution in [0.2, 0.25) is 0 Å². The van der Waals surface area contributed by atoms with Crippen molar-refractivity contribution in [3.8, 4) is 0 Å². The zero-order valence-corrected chi connectivity index (χ0v) is 11.6. The summed E-state index contributed by atoms with van der Waals surface area (Å²) in [7, 11) is 1.95. The molecule has 2 unspecified atom stereocenters. The molecule has 1 fully saturated rings. The fraction of sp³-hybridized carbons (Fsp3) is 0.385. The average molecular weight is 308 g/mol. The highest BCUT2D eigenvalue weighted by Gasteiger charge is 2.59. The third kappa shape index (κ3) is 1.61. The molecule has 94 valence electrons. The molecular formula is C13H14BrN3O. The van der Waals surface area contributed by atoms with Crippen molar-refractivity contribution in [2.75, 3.05) is 6.61 Å². The summed E-state index contributed by atoms with van der Waals surface area (Å²) in [6.07, 6.45) is 2.63. The van der Waals surface area contributed by atoms with E-state index in [9.17, 15) is 5.11 Å². The van der Waals surface area contributed by atoms with Crippen LogP contribution in [0.3, 0.4) is 0 Å². The van der Waals surface area contributed by atoms with Crippen LogP contribution in [0.5, 0.6) is 0 Å². The Hall–Kier alpha value is -1.20. The quantitative estimate of drug-likeness (QED) is 0.942. The van der Waals surface area contributed by atoms with Crippen LogP contribution >= 0.6 is 15.9 Å². The van der Waals surface area contributed by atoms with Gasteiger partial charge in [-0.1, -0.05) is 28.1 Å². The third-order valence-electron chi connectivity index (χ3n) is 3.78. The van der Waals surface area contributed by atoms with Gasteiger partial charge in [-0.2, -0.15) is 0 Å². The SMILES string of the molecule is Cn1cnnc1C1(c2cccc(Br)c2)CC1CO. The molecule has 1 N–H and O–H groups in total. The maximum atomic E-state index is 9.49. The Labute approximate surface area is 114 Å². The number of rotatable bonds is 3. The molecule has 18 heavy (non-hydrogen) atoms. The van der Waals surface area contributed by atoms with E-state index in [2.05, 4.69) is 38.3 Å². The van der Waals surface area contributed by atoms with Gasteiger partial charge in [0, 0.05) is 24.0 Å². The average Bonchev–Trinajstić information content (AvgIpc) is 2.96. The number of aromatic nitrogens is 3. The largest absolute Gasteiger partial charge is 0.396 e. The van der Waals surface area contributed by atoms with Crippen molar-refractivity contribution in [2.45, 2.75) is 11.8 Å². The lowest BCUT2D eigenvalue weighted by Crippen LogP contribution is -2.19. The second-order valence-electron chi connectivity index (χ2n) is 4.83. The maximum Gasteiger partial charge on any atom is 0.143 e. The molecule has 1 heterocycles. The first kappa shape index (κ1) is 11.9. The van der Waals surface area contributed by atoms with Crippen molar-refractivity contribution in [3.05, 3.63) is 46.5 Å². The summed E-state index contributed by atoms with van der Waals surface area (Å²) in [4.78, 5) is 0. The van der Waals surface area contributed by atoms with Crippen molar-refractivity contribution >= 4 is 15.9 Å². The van der Waals surface area contributed by atoms with Crippen LogP contribution in [0.15, 0.2) is 35.1 Å². The van der Waals surface area contributed by atoms with Crippen LogP contribution in [-0.4, -0.2) is 26.5 Å². The summed E-state index contributed by atoms with van der Waals surface area (Å²) < 4.78 is 2.99. The zero-order valence-electron chi connectivity index (χ0n) is 10.0. The first-order valence-corrected chi connectivity index (χ1v) is 6.69. The van der Waals surface area contributed by atoms with Gasteiger partial charge in [0.05, 0.1) is 5.41 Å². The number of aliphatic hydroxyl groups is 1. The van der Waals surface area contributed by atoms with Gasteiger partial charge >= 0.3 is 0 Å². The molecule has 4 nitrogen and oxygen atoms in total. The molecule has 1 aromatic carbocycles. The molecule has 0 radical (unpaired) electrons. The molecule has 0 amide bonds. The van der Waals surface area contributed by atoms with E-state index in [0.717, 1.165) is 16.7 Å². The van der Waals surface area contributed by atoms with E-state index in [1.54, 1.807) is 6.33 Å². The van der Waals surface area contributed by atoms with E-state index >= 15 is 0 Å². The summed E-state index contributed by atoms with van der Waals surface area (Å²) in [6, 6.07) is 8.22. The standard InChI is InChI=1S/C13H14BrN3O/c1-17-8-15-16-12(17)13(6-10(13)7-18)9-3-2-4-11(14)5-9/h2-5,8,10,18H,6-7H2,1H3. The lowest BCUT2D eigenvalue weighted by molar-refractivity contribution is 0.266. The predicted molar refractivity (Wildman–Crippen MR) is 71.1 cm³/mol. The van der Waals surface area contributed by atoms with Crippen molar-refractivity contribution in [2.24, 2.45) is 13.0 Å². The molecule has 2 aromatic rings. The van der Waals surface area contributed by atoms with Gasteiger partial charge in [-0.05, 0) is 24.1 Å². The van der Waals surface area contributed by atoms with Crippen LogP contribution < -0.4 is 0 Å². The number of benzene rings is 1. The Balaban J connectivity index is 2.12. The van der Waals surface area contributed by atoms with Gasteiger partial charge in [-0.15, -0.1) is 10.2 Å². The lowest BCUT2D eigenvalue weighted by atomic mass is 9.92. The van der Waals surface area contributed by atoms with Gasteiger partial charge in [0.1, 0.15) is 12.2 Å². The van der Waals surface area contributed by atoms with E-state index < -0.39 is 0 Å². The summed E-state index contributed by atoms with van der Waals surface area (Å²) >= 11 is 3.50. The van der Waals surface area contributed by atoms with Crippen LogP contribution in [-0.2, 0) is 12.5 Å². The maximum absolute atomic E-state index is 9.49. The molecule has 1 aromatic heterocycles. The van der Waals surface area contributed by atoms with Crippen molar-refractivity contribution in [3.63, 3.8) is 0 Å². The highest BCUT2D eigenvalue weighted by Crippen LogP contribution is 2.57. The molecule has 1 aliphatic carbocycles. The van der Waals surface area contributed by atoms with Gasteiger partial charge < -0.3 is 9.67 Å². The zero-order chi connectivity index (χ0) is 12.8. The van der Waals surface area contributed by atoms with Crippen molar-refractivity contribution < 1.29 is 5.11 Å². The first-order chi connectivity index (χ1) is 8.68. The minimum Gasteiger partial charge on any atom is -0.396 e. The molecule has 0 bridgehead atoms. The van der Waals surface area contributed by atoms with Crippen molar-refractivity contribution in [1.82, 2.24) is 14.8 Å². The van der Waals surface area contributed by atoms with Gasteiger partial charge in [0.25, 0.3) is 0 Å². The van der Waals surface area contributed by atoms with Gasteiger partial charge in [-0.25, -0.2) is 0 Å². The molecule has 3 rings (SSSR count). The van der Waals surface area contributed by atoms with Gasteiger partial charge in [-0.3, -0.25) is 0 Å². The summed E-state index contributed by atoms with van der Waals surface area (Å²) in [5.74, 6) is 1.16. The monoisotopic (exact) mass is 307 g/mol. The normalized spacial score (nSPS) is 26.3. The lowest BCUT2D eigenvalue weighted by Gasteiger charge is -2.17. The number of nitrogens with zero attached hydrogens (tertiary/aromatic N) is 3. The van der Waals surface area contributed by atoms with Crippen LogP contribution in [0, 0.1) is 5.92 Å². The highest BCUT2D eigenvalue weighted by molar-refractivity contribution is 9.10. The van der Waals surface area contributed by atoms with E-state index in [4.69, 9.17) is 0 Å². The molecule has 0 spiro atoms. The Bertz CT molecular complexity index is 583. The van der Waals surface area contributed by atoms with Crippen LogP contribution in [0.25, 0.3) is 0 Å². The molecule has 0 aliphatic heterocycles. The summed E-state index contributed by atoms with van der Waals surface area (Å²) in [5, 5.41) is 17.7. The fourth-order valence-corrected chi connectivity index (χ4v) is 3.16.